The molecule has 5 heteroatoms. The van der Waals surface area contributed by atoms with Crippen molar-refractivity contribution in [1.82, 2.24) is 15.0 Å². The van der Waals surface area contributed by atoms with E-state index in [1.807, 2.05) is 24.7 Å². The van der Waals surface area contributed by atoms with Gasteiger partial charge in [0.05, 0.1) is 13.2 Å². The molecule has 0 bridgehead atoms. The molecule has 0 radical (unpaired) electrons. The van der Waals surface area contributed by atoms with Crippen molar-refractivity contribution in [3.63, 3.8) is 0 Å². The van der Waals surface area contributed by atoms with E-state index in [1.54, 1.807) is 0 Å². The number of rotatable bonds is 0. The number of fused-ring (bicyclic) bond motifs is 1. The molecule has 0 atom stereocenters. The fourth-order valence-electron chi connectivity index (χ4n) is 1.10. The van der Waals surface area contributed by atoms with Crippen LogP contribution in [0.3, 0.4) is 0 Å². The Labute approximate surface area is 74.1 Å². The van der Waals surface area contributed by atoms with Gasteiger partial charge in [-0.25, -0.2) is 9.55 Å². The van der Waals surface area contributed by atoms with Crippen LogP contribution in [0.15, 0.2) is 17.2 Å². The van der Waals surface area contributed by atoms with Crippen LogP contribution in [0.5, 0.6) is 0 Å². The Morgan fingerprint density at radius 3 is 3.08 bits per heavy atom. The minimum absolute atomic E-state index is 0.228. The van der Waals surface area contributed by atoms with Crippen LogP contribution < -0.4 is 10.1 Å². The fourth-order valence-corrected chi connectivity index (χ4v) is 1.10. The van der Waals surface area contributed by atoms with Crippen LogP contribution in [0.1, 0.15) is 5.82 Å². The third kappa shape index (κ3) is 1.28. The topological polar surface area (TPSA) is 62.5 Å². The maximum Gasteiger partial charge on any atom is 0.297 e. The summed E-state index contributed by atoms with van der Waals surface area (Å²) in [5, 5.41) is 0. The Balaban J connectivity index is 2.89. The molecule has 0 aliphatic carbocycles. The first-order valence-electron chi connectivity index (χ1n) is 3.89. The molecular formula is C8H9N4O+. The van der Waals surface area contributed by atoms with E-state index < -0.39 is 0 Å². The van der Waals surface area contributed by atoms with Crippen LogP contribution >= 0.6 is 0 Å². The normalized spacial score (nSPS) is 10.6. The summed E-state index contributed by atoms with van der Waals surface area (Å²) in [4.78, 5) is 21.7. The Bertz CT molecular complexity index is 517. The number of H-pyrrole nitrogens is 1. The zero-order valence-electron chi connectivity index (χ0n) is 7.40. The molecule has 5 nitrogen and oxygen atoms in total. The molecule has 0 saturated carbocycles. The second-order valence-electron chi connectivity index (χ2n) is 2.88. The average Bonchev–Trinajstić information content (AvgIpc) is 2.08. The first-order chi connectivity index (χ1) is 6.16. The fraction of sp³-hybridized carbons (Fsp3) is 0.250. The van der Waals surface area contributed by atoms with Crippen molar-refractivity contribution in [3.05, 3.63) is 28.6 Å². The molecule has 2 aromatic heterocycles. The lowest BCUT2D eigenvalue weighted by Gasteiger charge is -1.94. The van der Waals surface area contributed by atoms with Gasteiger partial charge in [-0.1, -0.05) is 0 Å². The molecular weight excluding hydrogens is 168 g/mol. The van der Waals surface area contributed by atoms with Crippen molar-refractivity contribution in [2.24, 2.45) is 7.05 Å². The maximum absolute atomic E-state index is 10.9. The van der Waals surface area contributed by atoms with Gasteiger partial charge in [0.2, 0.25) is 0 Å². The first-order valence-corrected chi connectivity index (χ1v) is 3.89. The van der Waals surface area contributed by atoms with Crippen LogP contribution in [0.4, 0.5) is 0 Å². The second-order valence-corrected chi connectivity index (χ2v) is 2.88. The Morgan fingerprint density at radius 2 is 2.31 bits per heavy atom. The summed E-state index contributed by atoms with van der Waals surface area (Å²) in [6.07, 6.45) is 3.08. The predicted molar refractivity (Wildman–Crippen MR) is 46.1 cm³/mol. The maximum atomic E-state index is 10.9. The van der Waals surface area contributed by atoms with Crippen molar-refractivity contribution in [3.8, 4) is 0 Å². The van der Waals surface area contributed by atoms with Crippen molar-refractivity contribution in [2.75, 3.05) is 0 Å². The lowest BCUT2D eigenvalue weighted by atomic mass is 10.5. The quantitative estimate of drug-likeness (QED) is 0.549. The highest BCUT2D eigenvalue weighted by Gasteiger charge is 2.08. The van der Waals surface area contributed by atoms with Crippen molar-refractivity contribution in [1.29, 1.82) is 0 Å². The minimum atomic E-state index is -0.228. The zero-order valence-corrected chi connectivity index (χ0v) is 7.40. The molecule has 2 heterocycles. The molecule has 1 N–H and O–H groups in total. The lowest BCUT2D eigenvalue weighted by Crippen LogP contribution is -2.33. The summed E-state index contributed by atoms with van der Waals surface area (Å²) in [7, 11) is 1.88. The van der Waals surface area contributed by atoms with E-state index in [9.17, 15) is 4.79 Å². The number of hydrogen-bond acceptors (Lipinski definition) is 3. The van der Waals surface area contributed by atoms with Crippen LogP contribution in [0, 0.1) is 6.92 Å². The predicted octanol–water partition coefficient (Wildman–Crippen LogP) is -0.549. The van der Waals surface area contributed by atoms with Gasteiger partial charge < -0.3 is 0 Å². The molecule has 2 aromatic rings. The highest BCUT2D eigenvalue weighted by molar-refractivity contribution is 5.66. The number of hydrogen-bond donors (Lipinski definition) is 1. The first kappa shape index (κ1) is 7.85. The van der Waals surface area contributed by atoms with E-state index in [0.717, 1.165) is 5.82 Å². The lowest BCUT2D eigenvalue weighted by molar-refractivity contribution is -0.679. The van der Waals surface area contributed by atoms with Gasteiger partial charge in [0.1, 0.15) is 6.20 Å². The largest absolute Gasteiger partial charge is 0.297 e. The highest BCUT2D eigenvalue weighted by atomic mass is 16.1. The average molecular weight is 177 g/mol. The van der Waals surface area contributed by atoms with E-state index in [-0.39, 0.29) is 5.56 Å². The molecule has 0 fully saturated rings. The smallest absolute Gasteiger partial charge is 0.283 e. The third-order valence-corrected chi connectivity index (χ3v) is 1.91. The van der Waals surface area contributed by atoms with Crippen LogP contribution in [-0.2, 0) is 7.05 Å². The van der Waals surface area contributed by atoms with Crippen molar-refractivity contribution in [2.45, 2.75) is 6.92 Å². The van der Waals surface area contributed by atoms with E-state index >= 15 is 0 Å². The van der Waals surface area contributed by atoms with Gasteiger partial charge in [0, 0.05) is 6.92 Å². The number of aromatic nitrogens is 4. The Kier molecular flexibility index (Phi) is 1.58. The molecule has 0 spiro atoms. The Morgan fingerprint density at radius 1 is 1.54 bits per heavy atom. The van der Waals surface area contributed by atoms with E-state index in [4.69, 9.17) is 0 Å². The minimum Gasteiger partial charge on any atom is -0.283 e. The monoisotopic (exact) mass is 177 g/mol. The van der Waals surface area contributed by atoms with E-state index in [1.165, 1.54) is 6.20 Å². The summed E-state index contributed by atoms with van der Waals surface area (Å²) >= 11 is 0. The van der Waals surface area contributed by atoms with Gasteiger partial charge in [-0.3, -0.25) is 9.78 Å². The van der Waals surface area contributed by atoms with Gasteiger partial charge in [0.15, 0.2) is 5.52 Å². The molecule has 0 saturated heterocycles. The standard InChI is InChI=1S/C8H8N4O/c1-5-10-8-6(4-12(5)2)9-3-7(13)11-8/h3-4H,1-2H3/p+1. The molecule has 0 aromatic carbocycles. The summed E-state index contributed by atoms with van der Waals surface area (Å²) in [5.41, 5.74) is 0.990. The SMILES string of the molecule is Cc1nc2[nH]c(=O)cnc2c[n+]1C. The van der Waals surface area contributed by atoms with Gasteiger partial charge in [0.25, 0.3) is 17.0 Å². The van der Waals surface area contributed by atoms with Crippen LogP contribution in [0.25, 0.3) is 11.2 Å². The summed E-state index contributed by atoms with van der Waals surface area (Å²) < 4.78 is 1.85. The van der Waals surface area contributed by atoms with Gasteiger partial charge in [-0.05, 0) is 4.98 Å². The van der Waals surface area contributed by atoms with Gasteiger partial charge in [-0.2, -0.15) is 0 Å². The molecule has 0 aliphatic rings. The van der Waals surface area contributed by atoms with Gasteiger partial charge >= 0.3 is 0 Å². The second kappa shape index (κ2) is 2.62. The number of aromatic amines is 1. The molecule has 0 amide bonds. The van der Waals surface area contributed by atoms with E-state index in [0.29, 0.717) is 11.2 Å². The number of nitrogens with one attached hydrogen (secondary N) is 1. The van der Waals surface area contributed by atoms with Crippen LogP contribution in [0.2, 0.25) is 0 Å². The van der Waals surface area contributed by atoms with Gasteiger partial charge in [-0.15, -0.1) is 0 Å². The van der Waals surface area contributed by atoms with Crippen LogP contribution in [-0.4, -0.2) is 15.0 Å². The van der Waals surface area contributed by atoms with Crippen molar-refractivity contribution < 1.29 is 4.57 Å². The third-order valence-electron chi connectivity index (χ3n) is 1.91. The summed E-state index contributed by atoms with van der Waals surface area (Å²) in [6.45, 7) is 1.87. The molecule has 66 valence electrons. The number of nitrogens with zero attached hydrogens (tertiary/aromatic N) is 3. The molecule has 0 unspecified atom stereocenters. The summed E-state index contributed by atoms with van der Waals surface area (Å²) in [6, 6.07) is 0. The molecule has 13 heavy (non-hydrogen) atoms. The summed E-state index contributed by atoms with van der Waals surface area (Å²) in [5.74, 6) is 0.830. The highest BCUT2D eigenvalue weighted by Crippen LogP contribution is 1.98. The molecule has 2 rings (SSSR count). The van der Waals surface area contributed by atoms with E-state index in [2.05, 4.69) is 15.0 Å². The zero-order chi connectivity index (χ0) is 9.42. The number of aryl methyl sites for hydroxylation is 2. The van der Waals surface area contributed by atoms with Crippen molar-refractivity contribution >= 4 is 11.2 Å². The Hall–Kier alpha value is -1.78. The molecule has 0 aliphatic heterocycles.